The van der Waals surface area contributed by atoms with E-state index in [-0.39, 0.29) is 30.7 Å². The lowest BCUT2D eigenvalue weighted by molar-refractivity contribution is -0.118. The molecule has 2 aromatic rings. The van der Waals surface area contributed by atoms with Gasteiger partial charge in [-0.05, 0) is 30.7 Å². The van der Waals surface area contributed by atoms with Gasteiger partial charge < -0.3 is 4.90 Å². The van der Waals surface area contributed by atoms with E-state index in [1.54, 1.807) is 35.2 Å². The van der Waals surface area contributed by atoms with E-state index in [2.05, 4.69) is 6.58 Å². The standard InChI is InChI=1S/C21H20N2O3/c1-2-14-22(16-9-4-3-5-10-16)19(24)13-8-15-23-20(25)17-11-6-7-12-18(17)21(23)26/h2-7,9-12H,1,8,13-15H2. The fourth-order valence-electron chi connectivity index (χ4n) is 3.05. The summed E-state index contributed by atoms with van der Waals surface area (Å²) >= 11 is 0. The summed E-state index contributed by atoms with van der Waals surface area (Å²) < 4.78 is 0. The molecule has 0 aliphatic carbocycles. The van der Waals surface area contributed by atoms with Gasteiger partial charge in [-0.1, -0.05) is 36.4 Å². The first kappa shape index (κ1) is 17.6. The summed E-state index contributed by atoms with van der Waals surface area (Å²) in [7, 11) is 0. The number of imide groups is 1. The molecule has 5 nitrogen and oxygen atoms in total. The Labute approximate surface area is 152 Å². The third-order valence-electron chi connectivity index (χ3n) is 4.33. The summed E-state index contributed by atoms with van der Waals surface area (Å²) in [6.45, 7) is 4.35. The van der Waals surface area contributed by atoms with Gasteiger partial charge in [0.1, 0.15) is 0 Å². The Morgan fingerprint density at radius 3 is 2.12 bits per heavy atom. The zero-order chi connectivity index (χ0) is 18.5. The van der Waals surface area contributed by atoms with Crippen LogP contribution in [0.2, 0.25) is 0 Å². The van der Waals surface area contributed by atoms with Crippen LogP contribution in [0.1, 0.15) is 33.6 Å². The van der Waals surface area contributed by atoms with E-state index in [1.807, 2.05) is 30.3 Å². The molecule has 1 heterocycles. The molecule has 26 heavy (non-hydrogen) atoms. The molecule has 3 amide bonds. The van der Waals surface area contributed by atoms with Gasteiger partial charge >= 0.3 is 0 Å². The molecule has 0 spiro atoms. The summed E-state index contributed by atoms with van der Waals surface area (Å²) in [6.07, 6.45) is 2.34. The number of carbonyl (C=O) groups is 3. The number of rotatable bonds is 7. The highest BCUT2D eigenvalue weighted by atomic mass is 16.2. The van der Waals surface area contributed by atoms with Crippen molar-refractivity contribution in [2.75, 3.05) is 18.0 Å². The molecule has 3 rings (SSSR count). The fourth-order valence-corrected chi connectivity index (χ4v) is 3.05. The topological polar surface area (TPSA) is 57.7 Å². The highest BCUT2D eigenvalue weighted by Gasteiger charge is 2.34. The van der Waals surface area contributed by atoms with E-state index in [0.717, 1.165) is 5.69 Å². The maximum Gasteiger partial charge on any atom is 0.261 e. The van der Waals surface area contributed by atoms with Crippen LogP contribution < -0.4 is 4.90 Å². The molecule has 0 atom stereocenters. The molecule has 5 heteroatoms. The van der Waals surface area contributed by atoms with Crippen molar-refractivity contribution >= 4 is 23.4 Å². The predicted molar refractivity (Wildman–Crippen MR) is 100 cm³/mol. The van der Waals surface area contributed by atoms with E-state index in [1.165, 1.54) is 4.90 Å². The Morgan fingerprint density at radius 2 is 1.54 bits per heavy atom. The van der Waals surface area contributed by atoms with Crippen LogP contribution >= 0.6 is 0 Å². The van der Waals surface area contributed by atoms with Gasteiger partial charge in [-0.3, -0.25) is 19.3 Å². The molecular weight excluding hydrogens is 328 g/mol. The highest BCUT2D eigenvalue weighted by molar-refractivity contribution is 6.21. The predicted octanol–water partition coefficient (Wildman–Crippen LogP) is 3.28. The third-order valence-corrected chi connectivity index (χ3v) is 4.33. The minimum absolute atomic E-state index is 0.0623. The Hall–Kier alpha value is -3.21. The van der Waals surface area contributed by atoms with Crippen LogP contribution in [0, 0.1) is 0 Å². The molecule has 0 N–H and O–H groups in total. The normalized spacial score (nSPS) is 12.8. The summed E-state index contributed by atoms with van der Waals surface area (Å²) in [4.78, 5) is 40.1. The lowest BCUT2D eigenvalue weighted by atomic mass is 10.1. The van der Waals surface area contributed by atoms with Crippen LogP contribution in [0.3, 0.4) is 0 Å². The third kappa shape index (κ3) is 3.42. The minimum atomic E-state index is -0.288. The van der Waals surface area contributed by atoms with E-state index in [4.69, 9.17) is 0 Å². The minimum Gasteiger partial charge on any atom is -0.309 e. The summed E-state index contributed by atoms with van der Waals surface area (Å²) in [6, 6.07) is 16.2. The van der Waals surface area contributed by atoms with Crippen molar-refractivity contribution in [3.8, 4) is 0 Å². The monoisotopic (exact) mass is 348 g/mol. The van der Waals surface area contributed by atoms with E-state index in [9.17, 15) is 14.4 Å². The molecular formula is C21H20N2O3. The molecule has 0 radical (unpaired) electrons. The number of anilines is 1. The van der Waals surface area contributed by atoms with Crippen molar-refractivity contribution in [3.63, 3.8) is 0 Å². The average molecular weight is 348 g/mol. The van der Waals surface area contributed by atoms with Gasteiger partial charge in [0.2, 0.25) is 5.91 Å². The number of para-hydroxylation sites is 1. The zero-order valence-corrected chi connectivity index (χ0v) is 14.4. The summed E-state index contributed by atoms with van der Waals surface area (Å²) in [5, 5.41) is 0. The van der Waals surface area contributed by atoms with Gasteiger partial charge in [0.25, 0.3) is 11.8 Å². The highest BCUT2D eigenvalue weighted by Crippen LogP contribution is 2.23. The number of carbonyl (C=O) groups excluding carboxylic acids is 3. The van der Waals surface area contributed by atoms with Crippen LogP contribution in [0.5, 0.6) is 0 Å². The van der Waals surface area contributed by atoms with E-state index < -0.39 is 0 Å². The average Bonchev–Trinajstić information content (AvgIpc) is 2.92. The number of benzene rings is 2. The molecule has 1 aliphatic rings. The molecule has 0 unspecified atom stereocenters. The number of hydrogen-bond acceptors (Lipinski definition) is 3. The second kappa shape index (κ2) is 7.78. The second-order valence-corrected chi connectivity index (χ2v) is 6.04. The van der Waals surface area contributed by atoms with E-state index in [0.29, 0.717) is 24.1 Å². The van der Waals surface area contributed by atoms with Gasteiger partial charge in [0.05, 0.1) is 11.1 Å². The van der Waals surface area contributed by atoms with Crippen LogP contribution in [0.4, 0.5) is 5.69 Å². The molecule has 0 saturated carbocycles. The largest absolute Gasteiger partial charge is 0.309 e. The van der Waals surface area contributed by atoms with Crippen molar-refractivity contribution in [2.45, 2.75) is 12.8 Å². The smallest absolute Gasteiger partial charge is 0.261 e. The maximum atomic E-state index is 12.6. The van der Waals surface area contributed by atoms with Crippen molar-refractivity contribution in [3.05, 3.63) is 78.4 Å². The Kier molecular flexibility index (Phi) is 5.27. The van der Waals surface area contributed by atoms with Gasteiger partial charge in [0, 0.05) is 25.2 Å². The Bertz CT molecular complexity index is 810. The molecule has 0 saturated heterocycles. The van der Waals surface area contributed by atoms with Gasteiger partial charge in [-0.25, -0.2) is 0 Å². The first-order valence-electron chi connectivity index (χ1n) is 8.55. The van der Waals surface area contributed by atoms with Gasteiger partial charge in [0.15, 0.2) is 0 Å². The lowest BCUT2D eigenvalue weighted by Gasteiger charge is -2.22. The van der Waals surface area contributed by atoms with Crippen LogP contribution in [0.15, 0.2) is 67.3 Å². The molecule has 1 aliphatic heterocycles. The first-order chi connectivity index (χ1) is 12.6. The maximum absolute atomic E-state index is 12.6. The zero-order valence-electron chi connectivity index (χ0n) is 14.4. The van der Waals surface area contributed by atoms with Crippen molar-refractivity contribution in [1.82, 2.24) is 4.90 Å². The van der Waals surface area contributed by atoms with Gasteiger partial charge in [-0.15, -0.1) is 6.58 Å². The quantitative estimate of drug-likeness (QED) is 0.570. The van der Waals surface area contributed by atoms with Crippen LogP contribution in [0.25, 0.3) is 0 Å². The fraction of sp³-hybridized carbons (Fsp3) is 0.190. The number of nitrogens with zero attached hydrogens (tertiary/aromatic N) is 2. The second-order valence-electron chi connectivity index (χ2n) is 6.04. The lowest BCUT2D eigenvalue weighted by Crippen LogP contribution is -2.34. The Balaban J connectivity index is 1.61. The van der Waals surface area contributed by atoms with E-state index >= 15 is 0 Å². The number of fused-ring (bicyclic) bond motifs is 1. The van der Waals surface area contributed by atoms with Gasteiger partial charge in [-0.2, -0.15) is 0 Å². The van der Waals surface area contributed by atoms with Crippen molar-refractivity contribution < 1.29 is 14.4 Å². The molecule has 0 fully saturated rings. The first-order valence-corrected chi connectivity index (χ1v) is 8.55. The molecule has 0 aromatic heterocycles. The van der Waals surface area contributed by atoms with Crippen LogP contribution in [-0.2, 0) is 4.79 Å². The molecule has 2 aromatic carbocycles. The number of hydrogen-bond donors (Lipinski definition) is 0. The number of amides is 3. The summed E-state index contributed by atoms with van der Waals surface area (Å²) in [5.74, 6) is -0.638. The summed E-state index contributed by atoms with van der Waals surface area (Å²) in [5.41, 5.74) is 1.67. The SMILES string of the molecule is C=CCN(C(=O)CCCN1C(=O)c2ccccc2C1=O)c1ccccc1. The molecule has 0 bridgehead atoms. The molecule has 132 valence electrons. The van der Waals surface area contributed by atoms with Crippen molar-refractivity contribution in [2.24, 2.45) is 0 Å². The van der Waals surface area contributed by atoms with Crippen molar-refractivity contribution in [1.29, 1.82) is 0 Å². The van der Waals surface area contributed by atoms with Crippen LogP contribution in [-0.4, -0.2) is 35.7 Å². The Morgan fingerprint density at radius 1 is 0.962 bits per heavy atom.